The van der Waals surface area contributed by atoms with Crippen molar-refractivity contribution < 1.29 is 12.8 Å². The average Bonchev–Trinajstić information content (AvgIpc) is 2.75. The first kappa shape index (κ1) is 18.8. The number of hydrogen-bond donors (Lipinski definition) is 2. The largest absolute Gasteiger partial charge is 0.421 e. The zero-order valence-electron chi connectivity index (χ0n) is 15.3. The van der Waals surface area contributed by atoms with Crippen LogP contribution < -0.4 is 15.7 Å². The molecule has 0 fully saturated rings. The summed E-state index contributed by atoms with van der Waals surface area (Å²) in [5.41, 5.74) is 0.819. The molecule has 7 heteroatoms. The van der Waals surface area contributed by atoms with E-state index in [2.05, 4.69) is 10.0 Å². The van der Waals surface area contributed by atoms with Gasteiger partial charge < -0.3 is 9.73 Å². The summed E-state index contributed by atoms with van der Waals surface area (Å²) < 4.78 is 33.3. The van der Waals surface area contributed by atoms with E-state index in [9.17, 15) is 13.2 Å². The fourth-order valence-electron chi connectivity index (χ4n) is 3.01. The number of benzene rings is 3. The molecule has 0 aliphatic rings. The highest BCUT2D eigenvalue weighted by Gasteiger charge is 2.21. The van der Waals surface area contributed by atoms with Crippen LogP contribution in [0.4, 0.5) is 11.4 Å². The first-order chi connectivity index (χ1) is 14.0. The summed E-state index contributed by atoms with van der Waals surface area (Å²) in [6, 6.07) is 24.5. The molecule has 146 valence electrons. The van der Waals surface area contributed by atoms with Gasteiger partial charge in [0.2, 0.25) is 0 Å². The Morgan fingerprint density at radius 3 is 2.10 bits per heavy atom. The molecule has 0 atom stereocenters. The normalized spacial score (nSPS) is 11.3. The van der Waals surface area contributed by atoms with Crippen LogP contribution in [-0.4, -0.2) is 8.42 Å². The molecule has 1 heterocycles. The van der Waals surface area contributed by atoms with Crippen LogP contribution >= 0.6 is 0 Å². The average molecular weight is 406 g/mol. The van der Waals surface area contributed by atoms with Gasteiger partial charge >= 0.3 is 5.63 Å². The zero-order chi connectivity index (χ0) is 20.3. The van der Waals surface area contributed by atoms with Crippen LogP contribution in [-0.2, 0) is 16.6 Å². The van der Waals surface area contributed by atoms with E-state index in [1.807, 2.05) is 30.3 Å². The molecule has 0 unspecified atom stereocenters. The Kier molecular flexibility index (Phi) is 5.05. The molecule has 0 bridgehead atoms. The number of sulfonamides is 1. The first-order valence-corrected chi connectivity index (χ1v) is 10.4. The molecule has 0 spiro atoms. The van der Waals surface area contributed by atoms with Gasteiger partial charge in [0.05, 0.1) is 10.6 Å². The first-order valence-electron chi connectivity index (χ1n) is 8.96. The van der Waals surface area contributed by atoms with Gasteiger partial charge in [-0.2, -0.15) is 0 Å². The third kappa shape index (κ3) is 4.00. The van der Waals surface area contributed by atoms with Gasteiger partial charge in [0.25, 0.3) is 10.0 Å². The molecule has 0 radical (unpaired) electrons. The van der Waals surface area contributed by atoms with E-state index < -0.39 is 15.6 Å². The molecule has 6 nitrogen and oxygen atoms in total. The molecule has 0 aliphatic heterocycles. The van der Waals surface area contributed by atoms with Crippen LogP contribution in [0, 0.1) is 0 Å². The highest BCUT2D eigenvalue weighted by atomic mass is 32.2. The van der Waals surface area contributed by atoms with Crippen molar-refractivity contribution in [1.82, 2.24) is 0 Å². The summed E-state index contributed by atoms with van der Waals surface area (Å²) in [5.74, 6) is 0. The topological polar surface area (TPSA) is 88.4 Å². The van der Waals surface area contributed by atoms with Gasteiger partial charge in [-0.3, -0.25) is 4.72 Å². The number of nitrogens with one attached hydrogen (secondary N) is 2. The van der Waals surface area contributed by atoms with Crippen LogP contribution in [0.2, 0.25) is 0 Å². The number of rotatable bonds is 6. The minimum atomic E-state index is -3.96. The quantitative estimate of drug-likeness (QED) is 0.469. The van der Waals surface area contributed by atoms with E-state index in [-0.39, 0.29) is 10.6 Å². The maximum Gasteiger partial charge on any atom is 0.363 e. The fourth-order valence-corrected chi connectivity index (χ4v) is 4.09. The van der Waals surface area contributed by atoms with Crippen LogP contribution in [0.3, 0.4) is 0 Å². The zero-order valence-corrected chi connectivity index (χ0v) is 16.1. The third-order valence-corrected chi connectivity index (χ3v) is 5.78. The SMILES string of the molecule is O=c1oc2ccccc2c(NCc2ccccc2)c1NS(=O)(=O)c1ccccc1. The van der Waals surface area contributed by atoms with E-state index in [1.165, 1.54) is 12.1 Å². The molecule has 1 aromatic heterocycles. The van der Waals surface area contributed by atoms with E-state index in [1.54, 1.807) is 42.5 Å². The van der Waals surface area contributed by atoms with Gasteiger partial charge in [0, 0.05) is 11.9 Å². The molecule has 4 rings (SSSR count). The lowest BCUT2D eigenvalue weighted by atomic mass is 10.1. The number of para-hydroxylation sites is 1. The second-order valence-electron chi connectivity index (χ2n) is 6.39. The van der Waals surface area contributed by atoms with Crippen molar-refractivity contribution in [2.45, 2.75) is 11.4 Å². The van der Waals surface area contributed by atoms with Gasteiger partial charge in [0.15, 0.2) is 5.69 Å². The molecule has 29 heavy (non-hydrogen) atoms. The summed E-state index contributed by atoms with van der Waals surface area (Å²) in [7, 11) is -3.96. The van der Waals surface area contributed by atoms with Crippen molar-refractivity contribution in [2.75, 3.05) is 10.0 Å². The second-order valence-corrected chi connectivity index (χ2v) is 8.08. The van der Waals surface area contributed by atoms with Gasteiger partial charge in [-0.15, -0.1) is 0 Å². The lowest BCUT2D eigenvalue weighted by Crippen LogP contribution is -2.20. The van der Waals surface area contributed by atoms with Crippen molar-refractivity contribution in [2.24, 2.45) is 0 Å². The van der Waals surface area contributed by atoms with Crippen molar-refractivity contribution in [3.05, 3.63) is 101 Å². The van der Waals surface area contributed by atoms with Crippen molar-refractivity contribution in [1.29, 1.82) is 0 Å². The molecule has 2 N–H and O–H groups in total. The van der Waals surface area contributed by atoms with Crippen LogP contribution in [0.5, 0.6) is 0 Å². The molecular formula is C22H18N2O4S. The molecular weight excluding hydrogens is 388 g/mol. The minimum absolute atomic E-state index is 0.0570. The highest BCUT2D eigenvalue weighted by molar-refractivity contribution is 7.92. The molecule has 4 aromatic rings. The Morgan fingerprint density at radius 2 is 1.38 bits per heavy atom. The molecule has 0 aliphatic carbocycles. The Hall–Kier alpha value is -3.58. The Bertz CT molecular complexity index is 1300. The molecule has 0 amide bonds. The Morgan fingerprint density at radius 1 is 0.759 bits per heavy atom. The van der Waals surface area contributed by atoms with Crippen molar-refractivity contribution in [3.63, 3.8) is 0 Å². The highest BCUT2D eigenvalue weighted by Crippen LogP contribution is 2.30. The maximum atomic E-state index is 12.8. The third-order valence-electron chi connectivity index (χ3n) is 4.42. The second kappa shape index (κ2) is 7.81. The van der Waals surface area contributed by atoms with Crippen LogP contribution in [0.15, 0.2) is 99.0 Å². The summed E-state index contributed by atoms with van der Waals surface area (Å²) in [5, 5.41) is 3.81. The maximum absolute atomic E-state index is 12.8. The molecule has 3 aromatic carbocycles. The lowest BCUT2D eigenvalue weighted by Gasteiger charge is -2.15. The standard InChI is InChI=1S/C22H18N2O4S/c25-22-21(24-29(26,27)17-11-5-2-6-12-17)20(18-13-7-8-14-19(18)28-22)23-15-16-9-3-1-4-10-16/h1-14,23-24H,15H2. The van der Waals surface area contributed by atoms with Gasteiger partial charge in [-0.05, 0) is 29.8 Å². The van der Waals surface area contributed by atoms with Gasteiger partial charge in [0.1, 0.15) is 5.58 Å². The van der Waals surface area contributed by atoms with E-state index in [0.717, 1.165) is 5.56 Å². The molecule has 0 saturated carbocycles. The number of fused-ring (bicyclic) bond motifs is 1. The molecule has 0 saturated heterocycles. The Labute approximate surface area is 167 Å². The van der Waals surface area contributed by atoms with Crippen molar-refractivity contribution >= 4 is 32.4 Å². The number of hydrogen-bond acceptors (Lipinski definition) is 5. The lowest BCUT2D eigenvalue weighted by molar-refractivity contribution is 0.563. The smallest absolute Gasteiger partial charge is 0.363 e. The minimum Gasteiger partial charge on any atom is -0.421 e. The summed E-state index contributed by atoms with van der Waals surface area (Å²) in [4.78, 5) is 12.7. The number of anilines is 2. The fraction of sp³-hybridized carbons (Fsp3) is 0.0455. The van der Waals surface area contributed by atoms with E-state index in [4.69, 9.17) is 4.42 Å². The van der Waals surface area contributed by atoms with Gasteiger partial charge in [-0.1, -0.05) is 60.7 Å². The van der Waals surface area contributed by atoms with Crippen LogP contribution in [0.25, 0.3) is 11.0 Å². The predicted octanol–water partition coefficient (Wildman–Crippen LogP) is 4.21. The predicted molar refractivity (Wildman–Crippen MR) is 114 cm³/mol. The Balaban J connectivity index is 1.80. The van der Waals surface area contributed by atoms with Gasteiger partial charge in [-0.25, -0.2) is 13.2 Å². The van der Waals surface area contributed by atoms with Crippen LogP contribution in [0.1, 0.15) is 5.56 Å². The van der Waals surface area contributed by atoms with E-state index in [0.29, 0.717) is 23.2 Å². The summed E-state index contributed by atoms with van der Waals surface area (Å²) >= 11 is 0. The summed E-state index contributed by atoms with van der Waals surface area (Å²) in [6.45, 7) is 0.411. The summed E-state index contributed by atoms with van der Waals surface area (Å²) in [6.07, 6.45) is 0. The van der Waals surface area contributed by atoms with Crippen molar-refractivity contribution in [3.8, 4) is 0 Å². The monoisotopic (exact) mass is 406 g/mol. The van der Waals surface area contributed by atoms with E-state index >= 15 is 0 Å².